The maximum Gasteiger partial charge on any atom is 0.472 e. The molecular weight excluding hydrogens is 709 g/mol. The molecule has 0 spiro atoms. The number of hydrogen-bond acceptors (Lipinski definition) is 8. The number of rotatable bonds is 41. The molecule has 11 nitrogen and oxygen atoms in total. The molecule has 0 heterocycles. The van der Waals surface area contributed by atoms with Crippen LogP contribution in [0.2, 0.25) is 0 Å². The molecule has 0 aromatic rings. The molecule has 1 amide bonds. The third kappa shape index (κ3) is 37.2. The first-order valence-corrected chi connectivity index (χ1v) is 23.2. The van der Waals surface area contributed by atoms with Crippen molar-refractivity contribution in [3.05, 3.63) is 12.2 Å². The van der Waals surface area contributed by atoms with E-state index in [-0.39, 0.29) is 12.8 Å². The lowest BCUT2D eigenvalue weighted by Gasteiger charge is -2.18. The fourth-order valence-corrected chi connectivity index (χ4v) is 6.91. The van der Waals surface area contributed by atoms with Crippen LogP contribution >= 0.6 is 7.82 Å². The van der Waals surface area contributed by atoms with Crippen LogP contribution in [0.3, 0.4) is 0 Å². The highest BCUT2D eigenvalue weighted by Crippen LogP contribution is 2.43. The molecule has 0 rings (SSSR count). The van der Waals surface area contributed by atoms with Gasteiger partial charge in [-0.05, 0) is 38.5 Å². The smallest absolute Gasteiger partial charge is 0.472 e. The number of phosphoric acid groups is 1. The second-order valence-electron chi connectivity index (χ2n) is 14.9. The lowest BCUT2D eigenvalue weighted by atomic mass is 10.0. The van der Waals surface area contributed by atoms with Crippen LogP contribution in [0.25, 0.3) is 0 Å². The zero-order chi connectivity index (χ0) is 40.0. The number of amides is 1. The zero-order valence-corrected chi connectivity index (χ0v) is 35.2. The second-order valence-corrected chi connectivity index (χ2v) is 16.3. The van der Waals surface area contributed by atoms with Gasteiger partial charge in [0.2, 0.25) is 5.91 Å². The van der Waals surface area contributed by atoms with Crippen molar-refractivity contribution in [1.29, 1.82) is 0 Å². The Kier molecular flexibility index (Phi) is 36.9. The molecule has 4 N–H and O–H groups in total. The molecule has 3 unspecified atom stereocenters. The van der Waals surface area contributed by atoms with E-state index in [1.807, 2.05) is 0 Å². The summed E-state index contributed by atoms with van der Waals surface area (Å²) < 4.78 is 26.8. The average Bonchev–Trinajstić information content (AvgIpc) is 3.14. The summed E-state index contributed by atoms with van der Waals surface area (Å²) in [6.45, 7) is 2.59. The molecule has 3 atom stereocenters. The Bertz CT molecular complexity index is 979. The van der Waals surface area contributed by atoms with Crippen LogP contribution in [0.15, 0.2) is 12.2 Å². The van der Waals surface area contributed by atoms with Crippen LogP contribution in [0.4, 0.5) is 0 Å². The van der Waals surface area contributed by atoms with Gasteiger partial charge in [0, 0.05) is 12.8 Å². The number of aliphatic hydroxyl groups is 1. The number of unbranched alkanes of at least 4 members (excludes halogenated alkanes) is 25. The Morgan fingerprint density at radius 3 is 1.41 bits per heavy atom. The van der Waals surface area contributed by atoms with Gasteiger partial charge in [-0.1, -0.05) is 167 Å². The number of phosphoric ester groups is 1. The number of esters is 1. The number of carbonyl (C=O) groups is 3. The maximum absolute atomic E-state index is 12.3. The monoisotopic (exact) mass is 790 g/mol. The summed E-state index contributed by atoms with van der Waals surface area (Å²) in [4.78, 5) is 45.8. The number of hydrogen-bond donors (Lipinski definition) is 4. The number of carbonyl (C=O) groups excluding carboxylic acids is 2. The van der Waals surface area contributed by atoms with Crippen LogP contribution in [0, 0.1) is 0 Å². The number of allylic oxidation sites excluding steroid dienone is 2. The first kappa shape index (κ1) is 52.2. The Hall–Kier alpha value is -1.78. The molecule has 0 saturated carbocycles. The summed E-state index contributed by atoms with van der Waals surface area (Å²) in [5.41, 5.74) is 0. The van der Waals surface area contributed by atoms with Gasteiger partial charge in [0.15, 0.2) is 6.04 Å². The Morgan fingerprint density at radius 1 is 0.574 bits per heavy atom. The summed E-state index contributed by atoms with van der Waals surface area (Å²) in [6, 6.07) is -1.54. The van der Waals surface area contributed by atoms with Gasteiger partial charge in [-0.25, -0.2) is 9.36 Å². The number of ether oxygens (including phenoxy) is 1. The quantitative estimate of drug-likeness (QED) is 0.0202. The minimum atomic E-state index is -4.75. The van der Waals surface area contributed by atoms with E-state index < -0.39 is 57.6 Å². The minimum absolute atomic E-state index is 0.144. The third-order valence-corrected chi connectivity index (χ3v) is 10.5. The third-order valence-electron chi connectivity index (χ3n) is 9.55. The van der Waals surface area contributed by atoms with Crippen molar-refractivity contribution < 1.29 is 47.8 Å². The van der Waals surface area contributed by atoms with Gasteiger partial charge < -0.3 is 25.2 Å². The molecule has 0 fully saturated rings. The van der Waals surface area contributed by atoms with E-state index in [0.717, 1.165) is 51.4 Å². The Labute approximate surface area is 328 Å². The molecule has 0 saturated heterocycles. The zero-order valence-electron chi connectivity index (χ0n) is 34.3. The highest BCUT2D eigenvalue weighted by atomic mass is 31.2. The predicted octanol–water partition coefficient (Wildman–Crippen LogP) is 10.9. The van der Waals surface area contributed by atoms with Gasteiger partial charge >= 0.3 is 19.8 Å². The molecule has 54 heavy (non-hydrogen) atoms. The highest BCUT2D eigenvalue weighted by molar-refractivity contribution is 7.47. The normalized spacial score (nSPS) is 13.9. The van der Waals surface area contributed by atoms with E-state index in [0.29, 0.717) is 12.8 Å². The Morgan fingerprint density at radius 2 is 0.963 bits per heavy atom. The molecule has 12 heteroatoms. The van der Waals surface area contributed by atoms with Gasteiger partial charge in [0.1, 0.15) is 12.7 Å². The summed E-state index contributed by atoms with van der Waals surface area (Å²) in [7, 11) is -4.75. The lowest BCUT2D eigenvalue weighted by Crippen LogP contribution is -2.43. The Balaban J connectivity index is 3.90. The number of aliphatic carboxylic acids is 1. The van der Waals surface area contributed by atoms with Crippen molar-refractivity contribution in [3.8, 4) is 0 Å². The second kappa shape index (κ2) is 38.1. The first-order chi connectivity index (χ1) is 26.1. The van der Waals surface area contributed by atoms with Crippen molar-refractivity contribution in [2.75, 3.05) is 19.8 Å². The van der Waals surface area contributed by atoms with E-state index in [2.05, 4.69) is 31.3 Å². The molecule has 0 bridgehead atoms. The molecule has 0 radical (unpaired) electrons. The molecule has 0 aromatic carbocycles. The standard InChI is InChI=1S/C42H80NO10P/c1-3-5-7-9-11-13-15-17-18-19-20-22-23-25-27-29-31-33-40(45)43-39(42(47)48)37-53-54(49,50)52-36-38(44)35-51-41(46)34-32-30-28-26-24-21-16-14-12-10-8-6-4-2/h17-18,38-39,44H,3-16,19-37H2,1-2H3,(H,43,45)(H,47,48)(H,49,50)/b18-17-. The van der Waals surface area contributed by atoms with Crippen LogP contribution in [-0.2, 0) is 32.7 Å². The molecule has 0 aliphatic rings. The van der Waals surface area contributed by atoms with Gasteiger partial charge in [-0.2, -0.15) is 0 Å². The summed E-state index contributed by atoms with van der Waals surface area (Å²) in [5, 5.41) is 21.8. The van der Waals surface area contributed by atoms with Crippen molar-refractivity contribution in [1.82, 2.24) is 5.32 Å². The van der Waals surface area contributed by atoms with Crippen molar-refractivity contribution >= 4 is 25.7 Å². The van der Waals surface area contributed by atoms with E-state index in [1.165, 1.54) is 116 Å². The predicted molar refractivity (Wildman–Crippen MR) is 217 cm³/mol. The van der Waals surface area contributed by atoms with E-state index in [4.69, 9.17) is 13.8 Å². The fourth-order valence-electron chi connectivity index (χ4n) is 6.13. The topological polar surface area (TPSA) is 169 Å². The van der Waals surface area contributed by atoms with Crippen LogP contribution < -0.4 is 5.32 Å². The fraction of sp³-hybridized carbons (Fsp3) is 0.881. The van der Waals surface area contributed by atoms with Gasteiger partial charge in [-0.3, -0.25) is 18.6 Å². The number of carboxylic acid groups (broad SMARTS) is 1. The number of nitrogens with one attached hydrogen (secondary N) is 1. The van der Waals surface area contributed by atoms with Gasteiger partial charge in [0.05, 0.1) is 13.2 Å². The van der Waals surface area contributed by atoms with Crippen LogP contribution in [0.5, 0.6) is 0 Å². The molecule has 0 aliphatic carbocycles. The van der Waals surface area contributed by atoms with E-state index in [9.17, 15) is 34.1 Å². The molecular formula is C42H80NO10P. The van der Waals surface area contributed by atoms with Crippen LogP contribution in [0.1, 0.15) is 206 Å². The van der Waals surface area contributed by atoms with E-state index in [1.54, 1.807) is 0 Å². The number of carboxylic acids is 1. The minimum Gasteiger partial charge on any atom is -0.480 e. The maximum atomic E-state index is 12.3. The van der Waals surface area contributed by atoms with E-state index >= 15 is 0 Å². The van der Waals surface area contributed by atoms with Crippen molar-refractivity contribution in [3.63, 3.8) is 0 Å². The molecule has 0 aromatic heterocycles. The molecule has 318 valence electrons. The summed E-state index contributed by atoms with van der Waals surface area (Å²) in [6.07, 6.45) is 36.6. The van der Waals surface area contributed by atoms with Crippen LogP contribution in [-0.4, -0.2) is 64.9 Å². The summed E-state index contributed by atoms with van der Waals surface area (Å²) >= 11 is 0. The van der Waals surface area contributed by atoms with Crippen molar-refractivity contribution in [2.24, 2.45) is 0 Å². The SMILES string of the molecule is CCCCCCCC/C=C\CCCCCCCCCC(=O)NC(COP(=O)(O)OCC(O)COC(=O)CCCCCCCCCCCCCCC)C(=O)O. The van der Waals surface area contributed by atoms with Crippen molar-refractivity contribution in [2.45, 2.75) is 219 Å². The lowest BCUT2D eigenvalue weighted by molar-refractivity contribution is -0.147. The van der Waals surface area contributed by atoms with Gasteiger partial charge in [-0.15, -0.1) is 0 Å². The first-order valence-electron chi connectivity index (χ1n) is 21.7. The molecule has 0 aliphatic heterocycles. The summed E-state index contributed by atoms with van der Waals surface area (Å²) in [5.74, 6) is -2.37. The van der Waals surface area contributed by atoms with Gasteiger partial charge in [0.25, 0.3) is 0 Å². The average molecular weight is 790 g/mol. The highest BCUT2D eigenvalue weighted by Gasteiger charge is 2.28. The number of aliphatic hydroxyl groups excluding tert-OH is 1. The largest absolute Gasteiger partial charge is 0.480 e.